The molecule has 0 aliphatic heterocycles. The summed E-state index contributed by atoms with van der Waals surface area (Å²) in [4.78, 5) is 0. The molecule has 0 atom stereocenters. The molecule has 0 aliphatic rings. The second-order valence-corrected chi connectivity index (χ2v) is 6.01. The molecule has 0 fully saturated rings. The largest absolute Gasteiger partial charge is 0.507 e. The average molecular weight is 350 g/mol. The van der Waals surface area contributed by atoms with Crippen LogP contribution in [0.4, 0.5) is 0 Å². The Balaban J connectivity index is 1.99. The molecular formula is C19H18N4OS. The first-order valence-corrected chi connectivity index (χ1v) is 8.21. The zero-order chi connectivity index (χ0) is 17.8. The second kappa shape index (κ2) is 7.27. The van der Waals surface area contributed by atoms with E-state index in [0.717, 1.165) is 16.7 Å². The highest BCUT2D eigenvalue weighted by Gasteiger charge is 2.09. The van der Waals surface area contributed by atoms with E-state index in [1.54, 1.807) is 23.0 Å². The highest BCUT2D eigenvalue weighted by Crippen LogP contribution is 2.22. The summed E-state index contributed by atoms with van der Waals surface area (Å²) in [6.07, 6.45) is 3.91. The minimum absolute atomic E-state index is 0.193. The van der Waals surface area contributed by atoms with E-state index < -0.39 is 0 Å². The first-order valence-electron chi connectivity index (χ1n) is 7.80. The third-order valence-corrected chi connectivity index (χ3v) is 4.05. The number of phenols is 1. The van der Waals surface area contributed by atoms with Crippen LogP contribution in [-0.4, -0.2) is 26.2 Å². The molecule has 1 heterocycles. The molecule has 0 saturated heterocycles. The summed E-state index contributed by atoms with van der Waals surface area (Å²) >= 11 is 5.27. The molecule has 3 rings (SSSR count). The van der Waals surface area contributed by atoms with E-state index in [0.29, 0.717) is 22.6 Å². The zero-order valence-electron chi connectivity index (χ0n) is 13.8. The Morgan fingerprint density at radius 1 is 1.28 bits per heavy atom. The number of aromatic hydroxyl groups is 1. The van der Waals surface area contributed by atoms with Gasteiger partial charge < -0.3 is 5.11 Å². The van der Waals surface area contributed by atoms with Gasteiger partial charge in [-0.2, -0.15) is 14.9 Å². The SMILES string of the molecule is C=CCc1cccc(/C=N\n2c(-c3ccc(C)cc3)n[nH]c2=S)c1O. The highest BCUT2D eigenvalue weighted by molar-refractivity contribution is 7.71. The number of phenolic OH excluding ortho intramolecular Hbond substituents is 1. The Bertz CT molecular complexity index is 983. The molecule has 2 aromatic carbocycles. The lowest BCUT2D eigenvalue weighted by atomic mass is 10.1. The Morgan fingerprint density at radius 2 is 2.04 bits per heavy atom. The Hall–Kier alpha value is -2.99. The number of allylic oxidation sites excluding steroid dienone is 1. The zero-order valence-corrected chi connectivity index (χ0v) is 14.6. The Morgan fingerprint density at radius 3 is 2.76 bits per heavy atom. The number of benzene rings is 2. The first-order chi connectivity index (χ1) is 12.1. The van der Waals surface area contributed by atoms with Crippen molar-refractivity contribution < 1.29 is 5.11 Å². The van der Waals surface area contributed by atoms with Gasteiger partial charge in [0.25, 0.3) is 0 Å². The van der Waals surface area contributed by atoms with Crippen LogP contribution in [0.3, 0.4) is 0 Å². The predicted molar refractivity (Wildman–Crippen MR) is 103 cm³/mol. The number of rotatable bonds is 5. The van der Waals surface area contributed by atoms with Crippen molar-refractivity contribution in [1.29, 1.82) is 0 Å². The molecule has 0 amide bonds. The smallest absolute Gasteiger partial charge is 0.216 e. The summed E-state index contributed by atoms with van der Waals surface area (Å²) in [5.41, 5.74) is 3.47. The van der Waals surface area contributed by atoms with Crippen LogP contribution in [0.15, 0.2) is 60.2 Å². The maximum absolute atomic E-state index is 10.3. The van der Waals surface area contributed by atoms with Gasteiger partial charge in [0.05, 0.1) is 6.21 Å². The van der Waals surface area contributed by atoms with Crippen LogP contribution in [0.25, 0.3) is 11.4 Å². The standard InChI is InChI=1S/C19H18N4OS/c1-3-5-14-6-4-7-16(17(14)24)12-20-23-18(21-22-19(23)25)15-10-8-13(2)9-11-15/h3-4,6-12,24H,1,5H2,2H3,(H,22,25)/b20-12-. The molecule has 25 heavy (non-hydrogen) atoms. The van der Waals surface area contributed by atoms with Gasteiger partial charge in [-0.05, 0) is 37.2 Å². The average Bonchev–Trinajstić information content (AvgIpc) is 2.97. The van der Waals surface area contributed by atoms with Crippen LogP contribution in [0.1, 0.15) is 16.7 Å². The van der Waals surface area contributed by atoms with Crippen LogP contribution in [0, 0.1) is 11.7 Å². The van der Waals surface area contributed by atoms with Crippen molar-refractivity contribution in [3.8, 4) is 17.1 Å². The molecule has 126 valence electrons. The normalized spacial score (nSPS) is 11.1. The third kappa shape index (κ3) is 3.59. The Labute approximate surface area is 151 Å². The maximum Gasteiger partial charge on any atom is 0.216 e. The lowest BCUT2D eigenvalue weighted by molar-refractivity contribution is 0.469. The van der Waals surface area contributed by atoms with Crippen LogP contribution < -0.4 is 0 Å². The van der Waals surface area contributed by atoms with E-state index in [4.69, 9.17) is 12.2 Å². The van der Waals surface area contributed by atoms with Crippen LogP contribution in [0.2, 0.25) is 0 Å². The van der Waals surface area contributed by atoms with Crippen molar-refractivity contribution in [3.63, 3.8) is 0 Å². The van der Waals surface area contributed by atoms with Gasteiger partial charge in [-0.3, -0.25) is 0 Å². The van der Waals surface area contributed by atoms with Crippen molar-refractivity contribution >= 4 is 18.4 Å². The van der Waals surface area contributed by atoms with Gasteiger partial charge in [-0.15, -0.1) is 6.58 Å². The minimum atomic E-state index is 0.193. The number of hydrogen-bond acceptors (Lipinski definition) is 4. The number of para-hydroxylation sites is 1. The number of aromatic nitrogens is 3. The fourth-order valence-electron chi connectivity index (χ4n) is 2.44. The van der Waals surface area contributed by atoms with Gasteiger partial charge in [-0.1, -0.05) is 48.0 Å². The molecule has 3 aromatic rings. The monoisotopic (exact) mass is 350 g/mol. The van der Waals surface area contributed by atoms with Crippen molar-refractivity contribution in [2.75, 3.05) is 0 Å². The molecule has 0 bridgehead atoms. The molecule has 0 spiro atoms. The Kier molecular flexibility index (Phi) is 4.90. The van der Waals surface area contributed by atoms with Gasteiger partial charge in [-0.25, -0.2) is 5.10 Å². The van der Waals surface area contributed by atoms with E-state index in [-0.39, 0.29) is 5.75 Å². The molecular weight excluding hydrogens is 332 g/mol. The van der Waals surface area contributed by atoms with E-state index in [1.807, 2.05) is 43.3 Å². The summed E-state index contributed by atoms with van der Waals surface area (Å²) in [5, 5.41) is 21.8. The van der Waals surface area contributed by atoms with Crippen molar-refractivity contribution in [1.82, 2.24) is 14.9 Å². The molecule has 5 nitrogen and oxygen atoms in total. The quantitative estimate of drug-likeness (QED) is 0.411. The summed E-state index contributed by atoms with van der Waals surface area (Å²) in [7, 11) is 0. The maximum atomic E-state index is 10.3. The van der Waals surface area contributed by atoms with E-state index in [9.17, 15) is 5.11 Å². The fraction of sp³-hybridized carbons (Fsp3) is 0.105. The van der Waals surface area contributed by atoms with Crippen LogP contribution in [-0.2, 0) is 6.42 Å². The number of aryl methyl sites for hydroxylation is 1. The van der Waals surface area contributed by atoms with Crippen LogP contribution >= 0.6 is 12.2 Å². The third-order valence-electron chi connectivity index (χ3n) is 3.79. The highest BCUT2D eigenvalue weighted by atomic mass is 32.1. The summed E-state index contributed by atoms with van der Waals surface area (Å²) in [6.45, 7) is 5.73. The predicted octanol–water partition coefficient (Wildman–Crippen LogP) is 4.23. The summed E-state index contributed by atoms with van der Waals surface area (Å²) in [6, 6.07) is 13.5. The lowest BCUT2D eigenvalue weighted by Gasteiger charge is -2.05. The second-order valence-electron chi connectivity index (χ2n) is 5.62. The lowest BCUT2D eigenvalue weighted by Crippen LogP contribution is -1.96. The van der Waals surface area contributed by atoms with Crippen molar-refractivity contribution in [2.45, 2.75) is 13.3 Å². The van der Waals surface area contributed by atoms with Gasteiger partial charge in [0.2, 0.25) is 4.77 Å². The summed E-state index contributed by atoms with van der Waals surface area (Å²) < 4.78 is 1.92. The van der Waals surface area contributed by atoms with Crippen molar-refractivity contribution in [2.24, 2.45) is 5.10 Å². The number of nitrogens with zero attached hydrogens (tertiary/aromatic N) is 3. The number of aromatic amines is 1. The molecule has 0 radical (unpaired) electrons. The van der Waals surface area contributed by atoms with Gasteiger partial charge in [0.15, 0.2) is 5.82 Å². The number of nitrogens with one attached hydrogen (secondary N) is 1. The van der Waals surface area contributed by atoms with E-state index >= 15 is 0 Å². The first kappa shape index (κ1) is 16.9. The molecule has 2 N–H and O–H groups in total. The fourth-order valence-corrected chi connectivity index (χ4v) is 2.62. The summed E-state index contributed by atoms with van der Waals surface area (Å²) in [5.74, 6) is 0.807. The minimum Gasteiger partial charge on any atom is -0.507 e. The molecule has 0 aliphatic carbocycles. The van der Waals surface area contributed by atoms with Gasteiger partial charge in [0.1, 0.15) is 5.75 Å². The molecule has 1 aromatic heterocycles. The number of hydrogen-bond donors (Lipinski definition) is 2. The van der Waals surface area contributed by atoms with Gasteiger partial charge in [0, 0.05) is 11.1 Å². The molecule has 0 saturated carbocycles. The van der Waals surface area contributed by atoms with E-state index in [1.165, 1.54) is 0 Å². The molecule has 6 heteroatoms. The van der Waals surface area contributed by atoms with Gasteiger partial charge >= 0.3 is 0 Å². The number of H-pyrrole nitrogens is 1. The van der Waals surface area contributed by atoms with Crippen molar-refractivity contribution in [3.05, 3.63) is 76.6 Å². The van der Waals surface area contributed by atoms with E-state index in [2.05, 4.69) is 21.9 Å². The topological polar surface area (TPSA) is 66.2 Å². The molecule has 0 unspecified atom stereocenters. The van der Waals surface area contributed by atoms with Crippen LogP contribution in [0.5, 0.6) is 5.75 Å².